The van der Waals surface area contributed by atoms with E-state index < -0.39 is 11.8 Å². The standard InChI is InChI=1S/C25H21ClFNO4/c26-21-7-2-1-6-20(21)25(31)28-13-12-17-4-3-5-18(24(17)28)15-32-19-10-8-16(22(27)14-19)9-11-23(29)30/h1-8,10,14H,9,11-13,15H2,(H,29,30). The van der Waals surface area contributed by atoms with Crippen molar-refractivity contribution in [1.29, 1.82) is 0 Å². The molecular formula is C25H21ClFNO4. The van der Waals surface area contributed by atoms with E-state index in [9.17, 15) is 14.0 Å². The molecule has 0 radical (unpaired) electrons. The highest BCUT2D eigenvalue weighted by Gasteiger charge is 2.29. The van der Waals surface area contributed by atoms with Gasteiger partial charge in [0.1, 0.15) is 18.2 Å². The van der Waals surface area contributed by atoms with Crippen molar-refractivity contribution in [3.05, 3.63) is 93.8 Å². The number of hydrogen-bond donors (Lipinski definition) is 1. The van der Waals surface area contributed by atoms with Crippen LogP contribution in [0.5, 0.6) is 5.75 Å². The molecule has 1 heterocycles. The number of ether oxygens (including phenoxy) is 1. The van der Waals surface area contributed by atoms with E-state index in [1.165, 1.54) is 12.1 Å². The Morgan fingerprint density at radius 3 is 2.62 bits per heavy atom. The topological polar surface area (TPSA) is 66.8 Å². The second-order valence-corrected chi connectivity index (χ2v) is 7.95. The maximum absolute atomic E-state index is 14.3. The fourth-order valence-corrected chi connectivity index (χ4v) is 4.08. The van der Waals surface area contributed by atoms with Gasteiger partial charge in [0.25, 0.3) is 5.91 Å². The molecule has 0 saturated heterocycles. The molecule has 3 aromatic rings. The van der Waals surface area contributed by atoms with Crippen LogP contribution in [0.25, 0.3) is 0 Å². The molecule has 164 valence electrons. The molecule has 0 aromatic heterocycles. The van der Waals surface area contributed by atoms with Crippen LogP contribution in [-0.2, 0) is 24.2 Å². The summed E-state index contributed by atoms with van der Waals surface area (Å²) in [5.41, 5.74) is 3.43. The van der Waals surface area contributed by atoms with E-state index in [2.05, 4.69) is 0 Å². The van der Waals surface area contributed by atoms with Gasteiger partial charge in [-0.3, -0.25) is 9.59 Å². The van der Waals surface area contributed by atoms with Crippen LogP contribution in [-0.4, -0.2) is 23.5 Å². The van der Waals surface area contributed by atoms with Crippen LogP contribution in [0.2, 0.25) is 5.02 Å². The second kappa shape index (κ2) is 9.40. The number of carboxylic acid groups (broad SMARTS) is 1. The molecule has 0 aliphatic carbocycles. The largest absolute Gasteiger partial charge is 0.489 e. The van der Waals surface area contributed by atoms with Crippen molar-refractivity contribution in [2.75, 3.05) is 11.4 Å². The minimum atomic E-state index is -0.974. The fourth-order valence-electron chi connectivity index (χ4n) is 3.86. The van der Waals surface area contributed by atoms with Crippen LogP contribution in [0.4, 0.5) is 10.1 Å². The number of anilines is 1. The third-order valence-corrected chi connectivity index (χ3v) is 5.78. The monoisotopic (exact) mass is 453 g/mol. The molecule has 0 spiro atoms. The van der Waals surface area contributed by atoms with Gasteiger partial charge in [-0.15, -0.1) is 0 Å². The predicted octanol–water partition coefficient (Wildman–Crippen LogP) is 5.28. The Balaban J connectivity index is 1.53. The molecule has 32 heavy (non-hydrogen) atoms. The van der Waals surface area contributed by atoms with Crippen molar-refractivity contribution in [2.45, 2.75) is 25.9 Å². The van der Waals surface area contributed by atoms with E-state index >= 15 is 0 Å². The number of benzene rings is 3. The van der Waals surface area contributed by atoms with Crippen LogP contribution in [0.1, 0.15) is 33.5 Å². The van der Waals surface area contributed by atoms with Crippen LogP contribution < -0.4 is 9.64 Å². The number of amides is 1. The zero-order valence-corrected chi connectivity index (χ0v) is 17.9. The first-order chi connectivity index (χ1) is 15.4. The Morgan fingerprint density at radius 2 is 1.88 bits per heavy atom. The predicted molar refractivity (Wildman–Crippen MR) is 120 cm³/mol. The summed E-state index contributed by atoms with van der Waals surface area (Å²) in [4.78, 5) is 25.6. The van der Waals surface area contributed by atoms with Gasteiger partial charge in [-0.25, -0.2) is 4.39 Å². The third kappa shape index (κ3) is 4.60. The van der Waals surface area contributed by atoms with E-state index in [4.69, 9.17) is 21.4 Å². The molecule has 1 amide bonds. The van der Waals surface area contributed by atoms with Gasteiger partial charge in [0.15, 0.2) is 0 Å². The van der Waals surface area contributed by atoms with Gasteiger partial charge in [-0.05, 0) is 42.2 Å². The zero-order valence-electron chi connectivity index (χ0n) is 17.2. The zero-order chi connectivity index (χ0) is 22.7. The summed E-state index contributed by atoms with van der Waals surface area (Å²) < 4.78 is 20.1. The Kier molecular flexibility index (Phi) is 6.42. The smallest absolute Gasteiger partial charge is 0.303 e. The van der Waals surface area contributed by atoms with E-state index in [-0.39, 0.29) is 25.4 Å². The van der Waals surface area contributed by atoms with Crippen molar-refractivity contribution in [2.24, 2.45) is 0 Å². The number of carbonyl (C=O) groups is 2. The normalized spacial score (nSPS) is 12.5. The Labute approximate surface area is 190 Å². The number of para-hydroxylation sites is 1. The lowest BCUT2D eigenvalue weighted by atomic mass is 10.1. The molecule has 0 atom stereocenters. The fraction of sp³-hybridized carbons (Fsp3) is 0.200. The van der Waals surface area contributed by atoms with Gasteiger partial charge < -0.3 is 14.7 Å². The van der Waals surface area contributed by atoms with E-state index in [1.54, 1.807) is 35.2 Å². The molecule has 0 bridgehead atoms. The highest BCUT2D eigenvalue weighted by molar-refractivity contribution is 6.34. The maximum Gasteiger partial charge on any atom is 0.303 e. The van der Waals surface area contributed by atoms with Crippen molar-refractivity contribution in [3.8, 4) is 5.75 Å². The summed E-state index contributed by atoms with van der Waals surface area (Å²) in [6.07, 6.45) is 0.710. The maximum atomic E-state index is 14.3. The van der Waals surface area contributed by atoms with Crippen molar-refractivity contribution in [1.82, 2.24) is 0 Å². The van der Waals surface area contributed by atoms with Crippen LogP contribution >= 0.6 is 11.6 Å². The summed E-state index contributed by atoms with van der Waals surface area (Å²) in [6.45, 7) is 0.701. The van der Waals surface area contributed by atoms with Gasteiger partial charge >= 0.3 is 5.97 Å². The SMILES string of the molecule is O=C(O)CCc1ccc(OCc2cccc3c2N(C(=O)c2ccccc2Cl)CC3)cc1F. The van der Waals surface area contributed by atoms with Crippen LogP contribution in [0, 0.1) is 5.82 Å². The Hall–Kier alpha value is -3.38. The Morgan fingerprint density at radius 1 is 1.06 bits per heavy atom. The molecule has 7 heteroatoms. The molecule has 3 aromatic carbocycles. The van der Waals surface area contributed by atoms with Gasteiger partial charge in [0, 0.05) is 24.6 Å². The number of carboxylic acids is 1. The molecule has 0 saturated carbocycles. The minimum Gasteiger partial charge on any atom is -0.489 e. The van der Waals surface area contributed by atoms with E-state index in [0.29, 0.717) is 28.4 Å². The van der Waals surface area contributed by atoms with E-state index in [1.807, 2.05) is 18.2 Å². The van der Waals surface area contributed by atoms with Crippen molar-refractivity contribution in [3.63, 3.8) is 0 Å². The number of carbonyl (C=O) groups excluding carboxylic acids is 1. The van der Waals surface area contributed by atoms with Gasteiger partial charge in [-0.1, -0.05) is 48.0 Å². The quantitative estimate of drug-likeness (QED) is 0.528. The number of fused-ring (bicyclic) bond motifs is 1. The molecule has 4 rings (SSSR count). The molecule has 0 fully saturated rings. The van der Waals surface area contributed by atoms with Gasteiger partial charge in [0.05, 0.1) is 16.3 Å². The number of aliphatic carboxylic acids is 1. The van der Waals surface area contributed by atoms with Gasteiger partial charge in [-0.2, -0.15) is 0 Å². The molecule has 1 aliphatic rings. The number of rotatable bonds is 7. The number of aryl methyl sites for hydroxylation is 1. The number of nitrogens with zero attached hydrogens (tertiary/aromatic N) is 1. The summed E-state index contributed by atoms with van der Waals surface area (Å²) in [5.74, 6) is -1.31. The average Bonchev–Trinajstić information content (AvgIpc) is 3.21. The number of hydrogen-bond acceptors (Lipinski definition) is 3. The van der Waals surface area contributed by atoms with Gasteiger partial charge in [0.2, 0.25) is 0 Å². The lowest BCUT2D eigenvalue weighted by Crippen LogP contribution is -2.30. The highest BCUT2D eigenvalue weighted by Crippen LogP contribution is 2.34. The lowest BCUT2D eigenvalue weighted by molar-refractivity contribution is -0.136. The molecule has 0 unspecified atom stereocenters. The highest BCUT2D eigenvalue weighted by atomic mass is 35.5. The average molecular weight is 454 g/mol. The summed E-state index contributed by atoms with van der Waals surface area (Å²) >= 11 is 6.23. The first-order valence-electron chi connectivity index (χ1n) is 10.2. The third-order valence-electron chi connectivity index (χ3n) is 5.45. The molecule has 1 N–H and O–H groups in total. The summed E-state index contributed by atoms with van der Waals surface area (Å²) in [6, 6.07) is 17.1. The van der Waals surface area contributed by atoms with E-state index in [0.717, 1.165) is 23.2 Å². The molecular weight excluding hydrogens is 433 g/mol. The molecule has 5 nitrogen and oxygen atoms in total. The number of halogens is 2. The Bertz CT molecular complexity index is 1180. The van der Waals surface area contributed by atoms with Crippen LogP contribution in [0.15, 0.2) is 60.7 Å². The first kappa shape index (κ1) is 21.8. The van der Waals surface area contributed by atoms with Crippen molar-refractivity contribution >= 4 is 29.2 Å². The second-order valence-electron chi connectivity index (χ2n) is 7.55. The summed E-state index contributed by atoms with van der Waals surface area (Å²) in [7, 11) is 0. The van der Waals surface area contributed by atoms with Crippen molar-refractivity contribution < 1.29 is 23.8 Å². The lowest BCUT2D eigenvalue weighted by Gasteiger charge is -2.21. The summed E-state index contributed by atoms with van der Waals surface area (Å²) in [5, 5.41) is 9.17. The first-order valence-corrected chi connectivity index (χ1v) is 10.6. The van der Waals surface area contributed by atoms with Crippen LogP contribution in [0.3, 0.4) is 0 Å². The minimum absolute atomic E-state index is 0.118. The molecule has 1 aliphatic heterocycles.